The predicted octanol–water partition coefficient (Wildman–Crippen LogP) is 3.45. The van der Waals surface area contributed by atoms with Crippen molar-refractivity contribution >= 4 is 23.2 Å². The number of nitrogens with zero attached hydrogens (tertiary/aromatic N) is 1. The van der Waals surface area contributed by atoms with Crippen LogP contribution < -0.4 is 15.0 Å². The number of ether oxygens (including phenoxy) is 1. The third kappa shape index (κ3) is 3.22. The fourth-order valence-corrected chi connectivity index (χ4v) is 3.03. The molecule has 1 saturated heterocycles. The van der Waals surface area contributed by atoms with Gasteiger partial charge in [-0.05, 0) is 50.1 Å². The Balaban J connectivity index is 1.86. The summed E-state index contributed by atoms with van der Waals surface area (Å²) in [7, 11) is 0. The molecule has 1 atom stereocenters. The summed E-state index contributed by atoms with van der Waals surface area (Å²) in [6.45, 7) is 6.34. The number of aryl methyl sites for hydroxylation is 1. The van der Waals surface area contributed by atoms with Crippen molar-refractivity contribution < 1.29 is 14.3 Å². The summed E-state index contributed by atoms with van der Waals surface area (Å²) in [6, 6.07) is 12.5. The largest absolute Gasteiger partial charge is 0.492 e. The molecule has 5 heteroatoms. The maximum Gasteiger partial charge on any atom is 0.256 e. The normalized spacial score (nSPS) is 17.1. The standard InChI is InChI=1S/C20H22N2O3/c1-4-25-18-11-6-5-9-15(18)21-16-12-19(23)22(20(16)24)17-10-7-8-13(2)14(17)3/h5-11,16,21H,4,12H2,1-3H3/t16-/m1/s1. The number of para-hydroxylation sites is 2. The van der Waals surface area contributed by atoms with E-state index in [1.54, 1.807) is 0 Å². The van der Waals surface area contributed by atoms with E-state index in [1.807, 2.05) is 63.2 Å². The number of rotatable bonds is 5. The number of imide groups is 1. The van der Waals surface area contributed by atoms with Gasteiger partial charge in [0.1, 0.15) is 11.8 Å². The molecular formula is C20H22N2O3. The Kier molecular flexibility index (Phi) is 4.74. The summed E-state index contributed by atoms with van der Waals surface area (Å²) in [4.78, 5) is 26.6. The van der Waals surface area contributed by atoms with Crippen molar-refractivity contribution in [3.05, 3.63) is 53.6 Å². The van der Waals surface area contributed by atoms with Crippen molar-refractivity contribution in [3.8, 4) is 5.75 Å². The summed E-state index contributed by atoms with van der Waals surface area (Å²) in [5, 5.41) is 3.17. The van der Waals surface area contributed by atoms with E-state index < -0.39 is 6.04 Å². The molecule has 0 spiro atoms. The summed E-state index contributed by atoms with van der Waals surface area (Å²) in [5.41, 5.74) is 3.38. The Bertz CT molecular complexity index is 816. The average molecular weight is 338 g/mol. The van der Waals surface area contributed by atoms with E-state index in [4.69, 9.17) is 4.74 Å². The van der Waals surface area contributed by atoms with Gasteiger partial charge in [-0.15, -0.1) is 0 Å². The van der Waals surface area contributed by atoms with Crippen LogP contribution in [-0.2, 0) is 9.59 Å². The van der Waals surface area contributed by atoms with Crippen molar-refractivity contribution in [3.63, 3.8) is 0 Å². The monoisotopic (exact) mass is 338 g/mol. The number of nitrogens with one attached hydrogen (secondary N) is 1. The quantitative estimate of drug-likeness (QED) is 0.849. The van der Waals surface area contributed by atoms with Gasteiger partial charge < -0.3 is 10.1 Å². The van der Waals surface area contributed by atoms with E-state index in [0.717, 1.165) is 16.8 Å². The maximum atomic E-state index is 12.9. The van der Waals surface area contributed by atoms with Gasteiger partial charge in [-0.3, -0.25) is 9.59 Å². The fourth-order valence-electron chi connectivity index (χ4n) is 3.03. The molecule has 2 amide bonds. The fraction of sp³-hybridized carbons (Fsp3) is 0.300. The van der Waals surface area contributed by atoms with E-state index in [0.29, 0.717) is 18.0 Å². The summed E-state index contributed by atoms with van der Waals surface area (Å²) in [5.74, 6) is 0.255. The number of carbonyl (C=O) groups is 2. The highest BCUT2D eigenvalue weighted by atomic mass is 16.5. The molecule has 0 radical (unpaired) electrons. The van der Waals surface area contributed by atoms with Gasteiger partial charge in [-0.1, -0.05) is 24.3 Å². The Morgan fingerprint density at radius 1 is 1.12 bits per heavy atom. The van der Waals surface area contributed by atoms with Crippen molar-refractivity contribution in [1.29, 1.82) is 0 Å². The molecule has 0 saturated carbocycles. The van der Waals surface area contributed by atoms with Crippen LogP contribution in [0.3, 0.4) is 0 Å². The van der Waals surface area contributed by atoms with Crippen molar-refractivity contribution in [2.75, 3.05) is 16.8 Å². The van der Waals surface area contributed by atoms with E-state index in [9.17, 15) is 9.59 Å². The van der Waals surface area contributed by atoms with Crippen LogP contribution in [0.5, 0.6) is 5.75 Å². The molecule has 0 aliphatic carbocycles. The second-order valence-electron chi connectivity index (χ2n) is 6.12. The maximum absolute atomic E-state index is 12.9. The van der Waals surface area contributed by atoms with Gasteiger partial charge >= 0.3 is 0 Å². The molecule has 0 unspecified atom stereocenters. The van der Waals surface area contributed by atoms with Gasteiger partial charge in [0.15, 0.2) is 0 Å². The van der Waals surface area contributed by atoms with Crippen molar-refractivity contribution in [2.24, 2.45) is 0 Å². The lowest BCUT2D eigenvalue weighted by atomic mass is 10.1. The number of benzene rings is 2. The van der Waals surface area contributed by atoms with Crippen LogP contribution in [0.15, 0.2) is 42.5 Å². The molecule has 1 aliphatic rings. The van der Waals surface area contributed by atoms with Gasteiger partial charge in [-0.25, -0.2) is 4.90 Å². The third-order valence-corrected chi connectivity index (χ3v) is 4.48. The molecule has 0 bridgehead atoms. The summed E-state index contributed by atoms with van der Waals surface area (Å²) < 4.78 is 5.58. The number of carbonyl (C=O) groups excluding carboxylic acids is 2. The first-order chi connectivity index (χ1) is 12.0. The highest BCUT2D eigenvalue weighted by Crippen LogP contribution is 2.31. The molecule has 2 aromatic rings. The lowest BCUT2D eigenvalue weighted by Crippen LogP contribution is -2.35. The van der Waals surface area contributed by atoms with Crippen LogP contribution >= 0.6 is 0 Å². The van der Waals surface area contributed by atoms with Crippen LogP contribution in [-0.4, -0.2) is 24.5 Å². The van der Waals surface area contributed by atoms with Crippen LogP contribution in [0.25, 0.3) is 0 Å². The second kappa shape index (κ2) is 6.97. The van der Waals surface area contributed by atoms with Crippen molar-refractivity contribution in [1.82, 2.24) is 0 Å². The zero-order chi connectivity index (χ0) is 18.0. The van der Waals surface area contributed by atoms with Gasteiger partial charge in [0.2, 0.25) is 5.91 Å². The summed E-state index contributed by atoms with van der Waals surface area (Å²) >= 11 is 0. The highest BCUT2D eigenvalue weighted by Gasteiger charge is 2.40. The lowest BCUT2D eigenvalue weighted by molar-refractivity contribution is -0.121. The molecule has 0 aromatic heterocycles. The van der Waals surface area contributed by atoms with Crippen molar-refractivity contribution in [2.45, 2.75) is 33.2 Å². The van der Waals surface area contributed by atoms with Gasteiger partial charge in [0.25, 0.3) is 5.91 Å². The number of hydrogen-bond acceptors (Lipinski definition) is 4. The van der Waals surface area contributed by atoms with Crippen LogP contribution in [0, 0.1) is 13.8 Å². The smallest absolute Gasteiger partial charge is 0.256 e. The molecule has 130 valence electrons. The predicted molar refractivity (Wildman–Crippen MR) is 98.0 cm³/mol. The molecule has 5 nitrogen and oxygen atoms in total. The van der Waals surface area contributed by atoms with Crippen LogP contribution in [0.2, 0.25) is 0 Å². The molecule has 1 N–H and O–H groups in total. The molecule has 3 rings (SSSR count). The number of anilines is 2. The molecule has 2 aromatic carbocycles. The first-order valence-corrected chi connectivity index (χ1v) is 8.44. The Hall–Kier alpha value is -2.82. The number of amides is 2. The average Bonchev–Trinajstić information content (AvgIpc) is 2.86. The van der Waals surface area contributed by atoms with E-state index in [2.05, 4.69) is 5.32 Å². The SMILES string of the molecule is CCOc1ccccc1N[C@@H]1CC(=O)N(c2cccc(C)c2C)C1=O. The van der Waals surface area contributed by atoms with Crippen LogP contribution in [0.4, 0.5) is 11.4 Å². The molecular weight excluding hydrogens is 316 g/mol. The Morgan fingerprint density at radius 3 is 2.64 bits per heavy atom. The van der Waals surface area contributed by atoms with Gasteiger partial charge in [-0.2, -0.15) is 0 Å². The van der Waals surface area contributed by atoms with Crippen LogP contribution in [0.1, 0.15) is 24.5 Å². The highest BCUT2D eigenvalue weighted by molar-refractivity contribution is 6.23. The lowest BCUT2D eigenvalue weighted by Gasteiger charge is -2.19. The molecule has 1 fully saturated rings. The first-order valence-electron chi connectivity index (χ1n) is 8.44. The first kappa shape index (κ1) is 17.0. The number of hydrogen-bond donors (Lipinski definition) is 1. The summed E-state index contributed by atoms with van der Waals surface area (Å²) in [6.07, 6.45) is 0.132. The van der Waals surface area contributed by atoms with Gasteiger partial charge in [0.05, 0.1) is 24.4 Å². The Morgan fingerprint density at radius 2 is 1.88 bits per heavy atom. The topological polar surface area (TPSA) is 58.6 Å². The Labute approximate surface area is 147 Å². The minimum absolute atomic E-state index is 0.132. The minimum atomic E-state index is -0.589. The minimum Gasteiger partial charge on any atom is -0.492 e. The second-order valence-corrected chi connectivity index (χ2v) is 6.12. The van der Waals surface area contributed by atoms with E-state index >= 15 is 0 Å². The molecule has 25 heavy (non-hydrogen) atoms. The zero-order valence-corrected chi connectivity index (χ0v) is 14.7. The van der Waals surface area contributed by atoms with E-state index in [-0.39, 0.29) is 18.2 Å². The molecule has 1 heterocycles. The third-order valence-electron chi connectivity index (χ3n) is 4.48. The van der Waals surface area contributed by atoms with E-state index in [1.165, 1.54) is 4.90 Å². The molecule has 1 aliphatic heterocycles. The van der Waals surface area contributed by atoms with Gasteiger partial charge in [0, 0.05) is 0 Å². The zero-order valence-electron chi connectivity index (χ0n) is 14.7.